The van der Waals surface area contributed by atoms with Crippen LogP contribution in [0.15, 0.2) is 43.0 Å². The molecule has 0 atom stereocenters. The maximum atomic E-state index is 12.0. The van der Waals surface area contributed by atoms with Gasteiger partial charge < -0.3 is 9.88 Å². The molecule has 24 heavy (non-hydrogen) atoms. The third-order valence-electron chi connectivity index (χ3n) is 4.94. The van der Waals surface area contributed by atoms with Crippen molar-refractivity contribution in [1.29, 1.82) is 0 Å². The first-order valence-corrected chi connectivity index (χ1v) is 9.10. The van der Waals surface area contributed by atoms with E-state index in [2.05, 4.69) is 34.6 Å². The topological polar surface area (TPSA) is 46.9 Å². The van der Waals surface area contributed by atoms with Gasteiger partial charge in [0.25, 0.3) is 0 Å². The molecule has 0 radical (unpaired) electrons. The van der Waals surface area contributed by atoms with E-state index in [0.29, 0.717) is 13.0 Å². The van der Waals surface area contributed by atoms with E-state index in [1.807, 2.05) is 17.1 Å². The zero-order valence-electron chi connectivity index (χ0n) is 14.3. The van der Waals surface area contributed by atoms with Gasteiger partial charge in [-0.2, -0.15) is 0 Å². The van der Waals surface area contributed by atoms with Gasteiger partial charge in [0.2, 0.25) is 5.91 Å². The Labute approximate surface area is 144 Å². The smallest absolute Gasteiger partial charge is 0.220 e. The molecule has 4 nitrogen and oxygen atoms in total. The molecule has 0 aliphatic heterocycles. The monoisotopic (exact) mass is 325 g/mol. The van der Waals surface area contributed by atoms with E-state index < -0.39 is 0 Å². The first-order chi connectivity index (χ1) is 11.8. The summed E-state index contributed by atoms with van der Waals surface area (Å²) in [5, 5.41) is 3.05. The largest absolute Gasteiger partial charge is 0.352 e. The number of amides is 1. The normalized spacial score (nSPS) is 15.3. The second kappa shape index (κ2) is 8.67. The summed E-state index contributed by atoms with van der Waals surface area (Å²) in [5.41, 5.74) is 2.38. The average Bonchev–Trinajstić information content (AvgIpc) is 3.13. The molecule has 1 fully saturated rings. The molecular weight excluding hydrogens is 298 g/mol. The fourth-order valence-corrected chi connectivity index (χ4v) is 3.45. The number of rotatable bonds is 7. The lowest BCUT2D eigenvalue weighted by molar-refractivity contribution is -0.121. The van der Waals surface area contributed by atoms with Crippen LogP contribution in [0.3, 0.4) is 0 Å². The maximum Gasteiger partial charge on any atom is 0.220 e. The van der Waals surface area contributed by atoms with Gasteiger partial charge in [0.15, 0.2) is 0 Å². The van der Waals surface area contributed by atoms with E-state index in [-0.39, 0.29) is 5.91 Å². The van der Waals surface area contributed by atoms with Gasteiger partial charge in [0.05, 0.1) is 6.33 Å². The number of nitrogens with one attached hydrogen (secondary N) is 1. The third-order valence-corrected chi connectivity index (χ3v) is 4.94. The molecule has 0 bridgehead atoms. The number of carbonyl (C=O) groups is 1. The number of hydrogen-bond donors (Lipinski definition) is 1. The SMILES string of the molecule is O=C(CCC1CCCCC1)NCc1ccc(Cn2ccnc2)cc1. The number of imidazole rings is 1. The quantitative estimate of drug-likeness (QED) is 0.839. The van der Waals surface area contributed by atoms with Crippen LogP contribution in [-0.2, 0) is 17.9 Å². The van der Waals surface area contributed by atoms with Crippen LogP contribution in [0.25, 0.3) is 0 Å². The van der Waals surface area contributed by atoms with E-state index in [1.165, 1.54) is 37.7 Å². The van der Waals surface area contributed by atoms with Crippen LogP contribution in [0, 0.1) is 5.92 Å². The van der Waals surface area contributed by atoms with Crippen molar-refractivity contribution in [1.82, 2.24) is 14.9 Å². The second-order valence-electron chi connectivity index (χ2n) is 6.87. The van der Waals surface area contributed by atoms with E-state index in [9.17, 15) is 4.79 Å². The lowest BCUT2D eigenvalue weighted by Crippen LogP contribution is -2.23. The molecule has 1 amide bonds. The third kappa shape index (κ3) is 5.22. The van der Waals surface area contributed by atoms with Gasteiger partial charge in [-0.05, 0) is 23.5 Å². The van der Waals surface area contributed by atoms with Crippen LogP contribution in [-0.4, -0.2) is 15.5 Å². The number of aromatic nitrogens is 2. The highest BCUT2D eigenvalue weighted by molar-refractivity contribution is 5.75. The van der Waals surface area contributed by atoms with Crippen LogP contribution in [0.5, 0.6) is 0 Å². The molecule has 0 spiro atoms. The summed E-state index contributed by atoms with van der Waals surface area (Å²) in [7, 11) is 0. The summed E-state index contributed by atoms with van der Waals surface area (Å²) in [4.78, 5) is 16.1. The highest BCUT2D eigenvalue weighted by Crippen LogP contribution is 2.27. The molecule has 1 heterocycles. The molecule has 1 aromatic carbocycles. The fourth-order valence-electron chi connectivity index (χ4n) is 3.45. The summed E-state index contributed by atoms with van der Waals surface area (Å²) >= 11 is 0. The van der Waals surface area contributed by atoms with E-state index in [0.717, 1.165) is 24.4 Å². The minimum atomic E-state index is 0.183. The van der Waals surface area contributed by atoms with Gasteiger partial charge in [0, 0.05) is 31.9 Å². The molecule has 3 rings (SSSR count). The molecule has 1 aliphatic carbocycles. The Balaban J connectivity index is 1.38. The first-order valence-electron chi connectivity index (χ1n) is 9.10. The predicted molar refractivity (Wildman–Crippen MR) is 95.4 cm³/mol. The highest BCUT2D eigenvalue weighted by Gasteiger charge is 2.14. The minimum Gasteiger partial charge on any atom is -0.352 e. The molecule has 2 aromatic rings. The summed E-state index contributed by atoms with van der Waals surface area (Å²) in [6.45, 7) is 1.45. The summed E-state index contributed by atoms with van der Waals surface area (Å²) in [6, 6.07) is 8.41. The predicted octanol–water partition coefficient (Wildman–Crippen LogP) is 3.91. The molecule has 0 unspecified atom stereocenters. The van der Waals surface area contributed by atoms with Crippen molar-refractivity contribution >= 4 is 5.91 Å². The minimum absolute atomic E-state index is 0.183. The first kappa shape index (κ1) is 16.7. The van der Waals surface area contributed by atoms with Crippen LogP contribution in [0.4, 0.5) is 0 Å². The lowest BCUT2D eigenvalue weighted by Gasteiger charge is -2.21. The van der Waals surface area contributed by atoms with Crippen molar-refractivity contribution < 1.29 is 4.79 Å². The van der Waals surface area contributed by atoms with Crippen LogP contribution >= 0.6 is 0 Å². The summed E-state index contributed by atoms with van der Waals surface area (Å²) in [5.74, 6) is 0.954. The molecule has 0 saturated heterocycles. The molecule has 1 saturated carbocycles. The lowest BCUT2D eigenvalue weighted by atomic mass is 9.86. The zero-order valence-corrected chi connectivity index (χ0v) is 14.3. The van der Waals surface area contributed by atoms with Crippen molar-refractivity contribution in [2.45, 2.75) is 58.0 Å². The van der Waals surface area contributed by atoms with Gasteiger partial charge in [-0.25, -0.2) is 4.98 Å². The van der Waals surface area contributed by atoms with Crippen LogP contribution < -0.4 is 5.32 Å². The Kier molecular flexibility index (Phi) is 6.05. The van der Waals surface area contributed by atoms with Gasteiger partial charge in [-0.15, -0.1) is 0 Å². The maximum absolute atomic E-state index is 12.0. The van der Waals surface area contributed by atoms with E-state index in [1.54, 1.807) is 6.20 Å². The van der Waals surface area contributed by atoms with E-state index >= 15 is 0 Å². The number of nitrogens with zero attached hydrogens (tertiary/aromatic N) is 2. The number of benzene rings is 1. The van der Waals surface area contributed by atoms with Crippen molar-refractivity contribution in [2.24, 2.45) is 5.92 Å². The van der Waals surface area contributed by atoms with Gasteiger partial charge in [-0.3, -0.25) is 4.79 Å². The number of hydrogen-bond acceptors (Lipinski definition) is 2. The van der Waals surface area contributed by atoms with Crippen molar-refractivity contribution in [2.75, 3.05) is 0 Å². The molecule has 4 heteroatoms. The Morgan fingerprint density at radius 1 is 1.12 bits per heavy atom. The van der Waals surface area contributed by atoms with Crippen molar-refractivity contribution in [3.05, 3.63) is 54.1 Å². The number of carbonyl (C=O) groups excluding carboxylic acids is 1. The van der Waals surface area contributed by atoms with Crippen molar-refractivity contribution in [3.63, 3.8) is 0 Å². The highest BCUT2D eigenvalue weighted by atomic mass is 16.1. The molecule has 128 valence electrons. The van der Waals surface area contributed by atoms with Crippen molar-refractivity contribution in [3.8, 4) is 0 Å². The Morgan fingerprint density at radius 2 is 1.88 bits per heavy atom. The van der Waals surface area contributed by atoms with Crippen LogP contribution in [0.2, 0.25) is 0 Å². The Hall–Kier alpha value is -2.10. The fraction of sp³-hybridized carbons (Fsp3) is 0.500. The molecule has 1 aliphatic rings. The zero-order chi connectivity index (χ0) is 16.6. The van der Waals surface area contributed by atoms with Gasteiger partial charge in [-0.1, -0.05) is 56.4 Å². The molecule has 1 N–H and O–H groups in total. The van der Waals surface area contributed by atoms with E-state index in [4.69, 9.17) is 0 Å². The summed E-state index contributed by atoms with van der Waals surface area (Å²) in [6.07, 6.45) is 14.0. The van der Waals surface area contributed by atoms with Gasteiger partial charge >= 0.3 is 0 Å². The molecular formula is C20H27N3O. The summed E-state index contributed by atoms with van der Waals surface area (Å²) < 4.78 is 2.04. The Morgan fingerprint density at radius 3 is 2.58 bits per heavy atom. The average molecular weight is 325 g/mol. The standard InChI is InChI=1S/C20H27N3O/c24-20(11-10-17-4-2-1-3-5-17)22-14-18-6-8-19(9-7-18)15-23-13-12-21-16-23/h6-9,12-13,16-17H,1-5,10-11,14-15H2,(H,22,24). The second-order valence-corrected chi connectivity index (χ2v) is 6.87. The van der Waals surface area contributed by atoms with Gasteiger partial charge in [0.1, 0.15) is 0 Å². The van der Waals surface area contributed by atoms with Crippen LogP contribution in [0.1, 0.15) is 56.1 Å². The molecule has 1 aromatic heterocycles. The Bertz CT molecular complexity index is 613.